The lowest BCUT2D eigenvalue weighted by Gasteiger charge is -2.30. The van der Waals surface area contributed by atoms with Gasteiger partial charge in [-0.1, -0.05) is 12.2 Å². The average molecular weight is 236 g/mol. The number of esters is 2. The number of carbonyl (C=O) groups excluding carboxylic acids is 2. The minimum atomic E-state index is -0.265. The zero-order valence-corrected chi connectivity index (χ0v) is 10.1. The third-order valence-electron chi connectivity index (χ3n) is 3.17. The Balaban J connectivity index is 2.01. The first-order valence-corrected chi connectivity index (χ1v) is 5.95. The topological polar surface area (TPSA) is 52.6 Å². The quantitative estimate of drug-likeness (QED) is 0.696. The van der Waals surface area contributed by atoms with E-state index >= 15 is 0 Å². The van der Waals surface area contributed by atoms with E-state index in [2.05, 4.69) is 0 Å². The Morgan fingerprint density at radius 1 is 1.18 bits per heavy atom. The Labute approximate surface area is 100 Å². The molecule has 0 spiro atoms. The van der Waals surface area contributed by atoms with E-state index in [9.17, 15) is 9.59 Å². The Kier molecular flexibility index (Phi) is 3.31. The van der Waals surface area contributed by atoms with Gasteiger partial charge >= 0.3 is 11.9 Å². The molecule has 0 aromatic carbocycles. The van der Waals surface area contributed by atoms with Crippen LogP contribution in [0.4, 0.5) is 0 Å². The van der Waals surface area contributed by atoms with E-state index in [0.29, 0.717) is 24.4 Å². The Morgan fingerprint density at radius 3 is 2.35 bits per heavy atom. The molecule has 0 N–H and O–H groups in total. The van der Waals surface area contributed by atoms with Crippen LogP contribution in [-0.4, -0.2) is 25.2 Å². The van der Waals surface area contributed by atoms with Crippen molar-refractivity contribution in [3.05, 3.63) is 23.3 Å². The van der Waals surface area contributed by atoms with Crippen LogP contribution in [0.2, 0.25) is 0 Å². The van der Waals surface area contributed by atoms with Crippen LogP contribution in [0.3, 0.4) is 0 Å². The van der Waals surface area contributed by atoms with E-state index in [1.807, 2.05) is 12.2 Å². The van der Waals surface area contributed by atoms with Gasteiger partial charge in [0.05, 0.1) is 13.2 Å². The van der Waals surface area contributed by atoms with Gasteiger partial charge in [0.15, 0.2) is 0 Å². The van der Waals surface area contributed by atoms with Crippen molar-refractivity contribution in [2.75, 3.05) is 13.2 Å². The van der Waals surface area contributed by atoms with Gasteiger partial charge in [0, 0.05) is 23.0 Å². The smallest absolute Gasteiger partial charge is 0.334 e. The number of ether oxygens (including phenoxy) is 2. The summed E-state index contributed by atoms with van der Waals surface area (Å²) in [6.07, 6.45) is 4.41. The van der Waals surface area contributed by atoms with Gasteiger partial charge in [-0.3, -0.25) is 0 Å². The van der Waals surface area contributed by atoms with E-state index in [4.69, 9.17) is 9.47 Å². The van der Waals surface area contributed by atoms with Crippen LogP contribution in [0.5, 0.6) is 0 Å². The lowest BCUT2D eigenvalue weighted by molar-refractivity contribution is -0.141. The Morgan fingerprint density at radius 2 is 1.76 bits per heavy atom. The SMILES string of the molecule is CCOC(=O)C1=CC[C@H]2C(C(=O)OCC)=C[C@@H]12. The number of hydrogen-bond donors (Lipinski definition) is 0. The van der Waals surface area contributed by atoms with Gasteiger partial charge in [-0.2, -0.15) is 0 Å². The molecular formula is C13H16O4. The summed E-state index contributed by atoms with van der Waals surface area (Å²) in [6.45, 7) is 4.32. The molecule has 0 bridgehead atoms. The highest BCUT2D eigenvalue weighted by atomic mass is 16.5. The van der Waals surface area contributed by atoms with Gasteiger partial charge in [0.1, 0.15) is 0 Å². The zero-order chi connectivity index (χ0) is 12.4. The molecule has 2 aliphatic carbocycles. The summed E-state index contributed by atoms with van der Waals surface area (Å²) in [5, 5.41) is 0. The highest BCUT2D eigenvalue weighted by Crippen LogP contribution is 2.46. The standard InChI is InChI=1S/C13H16O4/c1-3-16-12(14)9-6-5-8-10(9)7-11(8)13(15)17-4-2/h6-8,10H,3-5H2,1-2H3/t8-,10-/m1/s1. The highest BCUT2D eigenvalue weighted by Gasteiger charge is 2.44. The first kappa shape index (κ1) is 11.9. The molecule has 0 amide bonds. The molecule has 0 fully saturated rings. The van der Waals surface area contributed by atoms with Crippen LogP contribution in [-0.2, 0) is 19.1 Å². The summed E-state index contributed by atoms with van der Waals surface area (Å²) in [4.78, 5) is 23.1. The number of carbonyl (C=O) groups is 2. The molecule has 2 rings (SSSR count). The maximum absolute atomic E-state index is 11.6. The second kappa shape index (κ2) is 4.73. The predicted octanol–water partition coefficient (Wildman–Crippen LogP) is 1.62. The van der Waals surface area contributed by atoms with Crippen LogP contribution in [0.25, 0.3) is 0 Å². The molecule has 0 saturated carbocycles. The summed E-state index contributed by atoms with van der Waals surface area (Å²) >= 11 is 0. The van der Waals surface area contributed by atoms with Crippen molar-refractivity contribution in [3.63, 3.8) is 0 Å². The fourth-order valence-electron chi connectivity index (χ4n) is 2.35. The average Bonchev–Trinajstić information content (AvgIpc) is 2.57. The fraction of sp³-hybridized carbons (Fsp3) is 0.538. The van der Waals surface area contributed by atoms with Crippen LogP contribution in [0.1, 0.15) is 20.3 Å². The van der Waals surface area contributed by atoms with E-state index in [1.54, 1.807) is 13.8 Å². The largest absolute Gasteiger partial charge is 0.463 e. The first-order valence-electron chi connectivity index (χ1n) is 5.95. The van der Waals surface area contributed by atoms with Crippen molar-refractivity contribution >= 4 is 11.9 Å². The van der Waals surface area contributed by atoms with Crippen molar-refractivity contribution in [2.45, 2.75) is 20.3 Å². The van der Waals surface area contributed by atoms with Gasteiger partial charge in [-0.25, -0.2) is 9.59 Å². The van der Waals surface area contributed by atoms with Crippen molar-refractivity contribution in [3.8, 4) is 0 Å². The number of allylic oxidation sites excluding steroid dienone is 2. The van der Waals surface area contributed by atoms with Crippen molar-refractivity contribution in [1.82, 2.24) is 0 Å². The van der Waals surface area contributed by atoms with E-state index in [-0.39, 0.29) is 23.8 Å². The van der Waals surface area contributed by atoms with Crippen molar-refractivity contribution in [1.29, 1.82) is 0 Å². The third-order valence-corrected chi connectivity index (χ3v) is 3.17. The number of rotatable bonds is 4. The number of fused-ring (bicyclic) bond motifs is 1. The van der Waals surface area contributed by atoms with Crippen LogP contribution >= 0.6 is 0 Å². The maximum atomic E-state index is 11.6. The third kappa shape index (κ3) is 1.99. The first-order chi connectivity index (χ1) is 8.19. The van der Waals surface area contributed by atoms with Gasteiger partial charge in [-0.05, 0) is 20.3 Å². The minimum absolute atomic E-state index is 0.0495. The van der Waals surface area contributed by atoms with Gasteiger partial charge in [-0.15, -0.1) is 0 Å². The molecule has 2 atom stereocenters. The van der Waals surface area contributed by atoms with E-state index in [0.717, 1.165) is 6.42 Å². The summed E-state index contributed by atoms with van der Waals surface area (Å²) in [5.74, 6) is -0.353. The maximum Gasteiger partial charge on any atom is 0.334 e. The molecular weight excluding hydrogens is 220 g/mol. The number of hydrogen-bond acceptors (Lipinski definition) is 4. The van der Waals surface area contributed by atoms with Crippen molar-refractivity contribution < 1.29 is 19.1 Å². The Hall–Kier alpha value is -1.58. The molecule has 0 saturated heterocycles. The normalized spacial score (nSPS) is 25.3. The lowest BCUT2D eigenvalue weighted by atomic mass is 9.74. The van der Waals surface area contributed by atoms with Gasteiger partial charge in [0.2, 0.25) is 0 Å². The second-order valence-electron chi connectivity index (χ2n) is 4.09. The fourth-order valence-corrected chi connectivity index (χ4v) is 2.35. The molecule has 17 heavy (non-hydrogen) atoms. The summed E-state index contributed by atoms with van der Waals surface area (Å²) in [5.41, 5.74) is 1.39. The Bertz CT molecular complexity index is 406. The summed E-state index contributed by atoms with van der Waals surface area (Å²) < 4.78 is 9.92. The summed E-state index contributed by atoms with van der Waals surface area (Å²) in [6, 6.07) is 0. The molecule has 0 aromatic rings. The molecule has 0 aromatic heterocycles. The summed E-state index contributed by atoms with van der Waals surface area (Å²) in [7, 11) is 0. The second-order valence-corrected chi connectivity index (χ2v) is 4.09. The highest BCUT2D eigenvalue weighted by molar-refractivity contribution is 5.96. The van der Waals surface area contributed by atoms with E-state index in [1.165, 1.54) is 0 Å². The predicted molar refractivity (Wildman–Crippen MR) is 61.0 cm³/mol. The molecule has 4 heteroatoms. The van der Waals surface area contributed by atoms with Crippen LogP contribution in [0.15, 0.2) is 23.3 Å². The van der Waals surface area contributed by atoms with Gasteiger partial charge in [0.25, 0.3) is 0 Å². The zero-order valence-electron chi connectivity index (χ0n) is 10.1. The molecule has 0 radical (unpaired) electrons. The van der Waals surface area contributed by atoms with Crippen molar-refractivity contribution in [2.24, 2.45) is 11.8 Å². The lowest BCUT2D eigenvalue weighted by Crippen LogP contribution is -2.30. The van der Waals surface area contributed by atoms with Crippen LogP contribution < -0.4 is 0 Å². The molecule has 0 heterocycles. The molecule has 2 aliphatic rings. The monoisotopic (exact) mass is 236 g/mol. The van der Waals surface area contributed by atoms with E-state index < -0.39 is 0 Å². The molecule has 4 nitrogen and oxygen atoms in total. The molecule has 0 unspecified atom stereocenters. The minimum Gasteiger partial charge on any atom is -0.463 e. The molecule has 92 valence electrons. The molecule has 0 aliphatic heterocycles. The van der Waals surface area contributed by atoms with Gasteiger partial charge < -0.3 is 9.47 Å². The van der Waals surface area contributed by atoms with Crippen LogP contribution in [0, 0.1) is 11.8 Å².